The molecule has 2 unspecified atom stereocenters. The van der Waals surface area contributed by atoms with Gasteiger partial charge in [-0.3, -0.25) is 4.79 Å². The molecule has 3 nitrogen and oxygen atoms in total. The number of benzene rings is 1. The fourth-order valence-electron chi connectivity index (χ4n) is 2.56. The molecule has 1 fully saturated rings. The molecule has 0 radical (unpaired) electrons. The van der Waals surface area contributed by atoms with Crippen LogP contribution in [0.1, 0.15) is 36.5 Å². The summed E-state index contributed by atoms with van der Waals surface area (Å²) in [5.41, 5.74) is 6.67. The van der Waals surface area contributed by atoms with Crippen molar-refractivity contribution in [1.29, 1.82) is 0 Å². The minimum atomic E-state index is -0.112. The Morgan fingerprint density at radius 3 is 2.89 bits per heavy atom. The summed E-state index contributed by atoms with van der Waals surface area (Å²) in [7, 11) is 0. The maximum atomic E-state index is 12.0. The summed E-state index contributed by atoms with van der Waals surface area (Å²) in [6, 6.07) is 4.97. The summed E-state index contributed by atoms with van der Waals surface area (Å²) in [6.07, 6.45) is 3.68. The highest BCUT2D eigenvalue weighted by atomic mass is 35.5. The van der Waals surface area contributed by atoms with Crippen molar-refractivity contribution < 1.29 is 4.79 Å². The number of anilines is 1. The highest BCUT2D eigenvalue weighted by molar-refractivity contribution is 6.34. The molecule has 1 aliphatic carbocycles. The van der Waals surface area contributed by atoms with Crippen LogP contribution < -0.4 is 11.1 Å². The summed E-state index contributed by atoms with van der Waals surface area (Å²) in [6.45, 7) is 3.00. The second-order valence-electron chi connectivity index (χ2n) is 5.23. The predicted octanol–water partition coefficient (Wildman–Crippen LogP) is 3.09. The lowest BCUT2D eigenvalue weighted by atomic mass is 10.1. The van der Waals surface area contributed by atoms with E-state index in [1.54, 1.807) is 18.2 Å². The van der Waals surface area contributed by atoms with Crippen molar-refractivity contribution in [2.45, 2.75) is 26.2 Å². The molecule has 0 aliphatic heterocycles. The molecule has 2 rings (SSSR count). The number of carbonyl (C=O) groups excluding carboxylic acids is 1. The molecule has 98 valence electrons. The van der Waals surface area contributed by atoms with Crippen LogP contribution in [0.2, 0.25) is 5.02 Å². The van der Waals surface area contributed by atoms with Crippen molar-refractivity contribution in [2.75, 3.05) is 12.3 Å². The maximum absolute atomic E-state index is 12.0. The van der Waals surface area contributed by atoms with Crippen LogP contribution >= 0.6 is 11.6 Å². The number of hydrogen-bond donors (Lipinski definition) is 2. The summed E-state index contributed by atoms with van der Waals surface area (Å²) in [5, 5.41) is 3.37. The Bertz CT molecular complexity index is 447. The first kappa shape index (κ1) is 13.2. The minimum Gasteiger partial charge on any atom is -0.399 e. The number of nitrogens with one attached hydrogen (secondary N) is 1. The third-order valence-corrected chi connectivity index (χ3v) is 3.91. The second kappa shape index (κ2) is 5.61. The van der Waals surface area contributed by atoms with Gasteiger partial charge < -0.3 is 11.1 Å². The highest BCUT2D eigenvalue weighted by Crippen LogP contribution is 2.29. The van der Waals surface area contributed by atoms with Crippen LogP contribution in [0.4, 0.5) is 5.69 Å². The third-order valence-electron chi connectivity index (χ3n) is 3.59. The smallest absolute Gasteiger partial charge is 0.252 e. The van der Waals surface area contributed by atoms with Crippen molar-refractivity contribution in [2.24, 2.45) is 11.8 Å². The van der Waals surface area contributed by atoms with Gasteiger partial charge in [-0.2, -0.15) is 0 Å². The van der Waals surface area contributed by atoms with Crippen molar-refractivity contribution >= 4 is 23.2 Å². The number of carbonyl (C=O) groups is 1. The van der Waals surface area contributed by atoms with Crippen molar-refractivity contribution in [1.82, 2.24) is 5.32 Å². The van der Waals surface area contributed by atoms with Crippen LogP contribution in [0.25, 0.3) is 0 Å². The summed E-state index contributed by atoms with van der Waals surface area (Å²) in [4.78, 5) is 12.0. The van der Waals surface area contributed by atoms with Crippen LogP contribution in [0.3, 0.4) is 0 Å². The predicted molar refractivity (Wildman–Crippen MR) is 74.7 cm³/mol. The van der Waals surface area contributed by atoms with Crippen LogP contribution in [0, 0.1) is 11.8 Å². The van der Waals surface area contributed by atoms with Gasteiger partial charge in [0.2, 0.25) is 0 Å². The molecule has 3 N–H and O–H groups in total. The van der Waals surface area contributed by atoms with Gasteiger partial charge >= 0.3 is 0 Å². The van der Waals surface area contributed by atoms with Gasteiger partial charge in [0.05, 0.1) is 10.6 Å². The zero-order valence-corrected chi connectivity index (χ0v) is 11.3. The molecule has 0 aromatic heterocycles. The Morgan fingerprint density at radius 2 is 2.28 bits per heavy atom. The zero-order valence-electron chi connectivity index (χ0n) is 10.6. The van der Waals surface area contributed by atoms with E-state index >= 15 is 0 Å². The number of nitrogen functional groups attached to an aromatic ring is 1. The van der Waals surface area contributed by atoms with Gasteiger partial charge in [-0.1, -0.05) is 24.9 Å². The number of hydrogen-bond acceptors (Lipinski definition) is 2. The zero-order chi connectivity index (χ0) is 13.1. The quantitative estimate of drug-likeness (QED) is 0.826. The first-order valence-corrected chi connectivity index (χ1v) is 6.77. The van der Waals surface area contributed by atoms with E-state index in [-0.39, 0.29) is 5.91 Å². The molecule has 4 heteroatoms. The monoisotopic (exact) mass is 266 g/mol. The lowest BCUT2D eigenvalue weighted by Gasteiger charge is -2.12. The van der Waals surface area contributed by atoms with Gasteiger partial charge in [-0.15, -0.1) is 0 Å². The molecule has 2 atom stereocenters. The molecule has 1 aromatic carbocycles. The summed E-state index contributed by atoms with van der Waals surface area (Å²) >= 11 is 6.00. The van der Waals surface area contributed by atoms with Gasteiger partial charge in [0.25, 0.3) is 5.91 Å². The van der Waals surface area contributed by atoms with E-state index in [9.17, 15) is 4.79 Å². The second-order valence-corrected chi connectivity index (χ2v) is 5.64. The highest BCUT2D eigenvalue weighted by Gasteiger charge is 2.22. The van der Waals surface area contributed by atoms with Crippen LogP contribution in [-0.4, -0.2) is 12.5 Å². The van der Waals surface area contributed by atoms with E-state index in [4.69, 9.17) is 17.3 Å². The molecular weight excluding hydrogens is 248 g/mol. The van der Waals surface area contributed by atoms with Crippen LogP contribution in [0.5, 0.6) is 0 Å². The van der Waals surface area contributed by atoms with Gasteiger partial charge in [0.1, 0.15) is 0 Å². The van der Waals surface area contributed by atoms with Gasteiger partial charge in [-0.25, -0.2) is 0 Å². The normalized spacial score (nSPS) is 23.0. The molecule has 1 amide bonds. The van der Waals surface area contributed by atoms with Crippen molar-refractivity contribution in [3.63, 3.8) is 0 Å². The molecular formula is C14H19ClN2O. The fraction of sp³-hybridized carbons (Fsp3) is 0.500. The Labute approximate surface area is 113 Å². The third kappa shape index (κ3) is 3.16. The summed E-state index contributed by atoms with van der Waals surface area (Å²) in [5.74, 6) is 1.28. The molecule has 0 spiro atoms. The van der Waals surface area contributed by atoms with Gasteiger partial charge in [-0.05, 0) is 42.9 Å². The number of rotatable bonds is 3. The Kier molecular flexibility index (Phi) is 4.12. The van der Waals surface area contributed by atoms with Gasteiger partial charge in [0, 0.05) is 12.2 Å². The molecule has 0 saturated heterocycles. The van der Waals surface area contributed by atoms with Gasteiger partial charge in [0.15, 0.2) is 0 Å². The standard InChI is InChI=1S/C14H19ClN2O/c1-9-2-3-10(6-9)8-17-14(18)12-5-4-11(16)7-13(12)15/h4-5,7,9-10H,2-3,6,8,16H2,1H3,(H,17,18). The van der Waals surface area contributed by atoms with E-state index in [0.717, 1.165) is 12.5 Å². The number of nitrogens with two attached hydrogens (primary N) is 1. The van der Waals surface area contributed by atoms with Crippen LogP contribution in [0.15, 0.2) is 18.2 Å². The molecule has 1 aliphatic rings. The maximum Gasteiger partial charge on any atom is 0.252 e. The Hall–Kier alpha value is -1.22. The molecule has 18 heavy (non-hydrogen) atoms. The average Bonchev–Trinajstić information content (AvgIpc) is 2.72. The molecule has 1 aromatic rings. The molecule has 0 heterocycles. The summed E-state index contributed by atoms with van der Waals surface area (Å²) < 4.78 is 0. The first-order chi connectivity index (χ1) is 8.56. The average molecular weight is 267 g/mol. The number of amides is 1. The topological polar surface area (TPSA) is 55.1 Å². The number of halogens is 1. The SMILES string of the molecule is CC1CCC(CNC(=O)c2ccc(N)cc2Cl)C1. The fourth-order valence-corrected chi connectivity index (χ4v) is 2.83. The van der Waals surface area contributed by atoms with E-state index in [2.05, 4.69) is 12.2 Å². The molecule has 0 bridgehead atoms. The largest absolute Gasteiger partial charge is 0.399 e. The first-order valence-electron chi connectivity index (χ1n) is 6.39. The van der Waals surface area contributed by atoms with Crippen molar-refractivity contribution in [3.8, 4) is 0 Å². The molecule has 1 saturated carbocycles. The van der Waals surface area contributed by atoms with E-state index in [1.807, 2.05) is 0 Å². The lowest BCUT2D eigenvalue weighted by molar-refractivity contribution is 0.0947. The van der Waals surface area contributed by atoms with Crippen molar-refractivity contribution in [3.05, 3.63) is 28.8 Å². The Morgan fingerprint density at radius 1 is 1.50 bits per heavy atom. The Balaban J connectivity index is 1.91. The van der Waals surface area contributed by atoms with E-state index in [0.29, 0.717) is 22.2 Å². The lowest BCUT2D eigenvalue weighted by Crippen LogP contribution is -2.28. The minimum absolute atomic E-state index is 0.112. The van der Waals surface area contributed by atoms with E-state index in [1.165, 1.54) is 19.3 Å². The van der Waals surface area contributed by atoms with Crippen LogP contribution in [-0.2, 0) is 0 Å². The van der Waals surface area contributed by atoms with E-state index < -0.39 is 0 Å².